The summed E-state index contributed by atoms with van der Waals surface area (Å²) >= 11 is -2.28. The third-order valence-electron chi connectivity index (χ3n) is 6.89. The minimum absolute atomic E-state index is 0.0441. The number of nitriles is 2. The first kappa shape index (κ1) is 25.4. The molecule has 186 valence electrons. The molecule has 0 bridgehead atoms. The largest absolute Gasteiger partial charge is 0.416 e. The van der Waals surface area contributed by atoms with Crippen molar-refractivity contribution in [1.82, 2.24) is 4.90 Å². The molecular weight excluding hydrogens is 493 g/mol. The second kappa shape index (κ2) is 9.08. The predicted octanol–water partition coefficient (Wildman–Crippen LogP) is 5.59. The van der Waals surface area contributed by atoms with Gasteiger partial charge in [0.05, 0.1) is 45.3 Å². The predicted molar refractivity (Wildman–Crippen MR) is 126 cm³/mol. The van der Waals surface area contributed by atoms with Crippen LogP contribution in [0.3, 0.4) is 0 Å². The summed E-state index contributed by atoms with van der Waals surface area (Å²) in [5.74, 6) is 0. The van der Waals surface area contributed by atoms with Crippen molar-refractivity contribution in [2.45, 2.75) is 43.2 Å². The van der Waals surface area contributed by atoms with E-state index < -0.39 is 39.6 Å². The van der Waals surface area contributed by atoms with E-state index in [1.165, 1.54) is 43.1 Å². The zero-order valence-corrected chi connectivity index (χ0v) is 20.2. The van der Waals surface area contributed by atoms with Gasteiger partial charge in [0.2, 0.25) is 0 Å². The molecule has 2 aliphatic rings. The molecule has 1 N–H and O–H groups in total. The molecule has 0 radical (unpaired) electrons. The van der Waals surface area contributed by atoms with E-state index >= 15 is 0 Å². The maximum absolute atomic E-state index is 13.5. The summed E-state index contributed by atoms with van der Waals surface area (Å²) < 4.78 is 61.4. The van der Waals surface area contributed by atoms with Gasteiger partial charge >= 0.3 is 12.2 Å². The van der Waals surface area contributed by atoms with Crippen LogP contribution in [0.2, 0.25) is 0 Å². The SMILES string of the molecule is CC1=C(C#N)[C@H](c2ccc(C#N)cc2C2(S(=O)O)CCC2)N(C)C(=O)N1c1cccc(C(F)(F)F)c1. The minimum atomic E-state index is -4.62. The summed E-state index contributed by atoms with van der Waals surface area (Å²) in [6, 6.07) is 11.3. The second-order valence-electron chi connectivity index (χ2n) is 8.80. The lowest BCUT2D eigenvalue weighted by atomic mass is 9.74. The topological polar surface area (TPSA) is 108 Å². The number of alkyl halides is 3. The van der Waals surface area contributed by atoms with Gasteiger partial charge in [0.25, 0.3) is 0 Å². The Bertz CT molecular complexity index is 1390. The molecule has 2 aromatic rings. The van der Waals surface area contributed by atoms with Crippen molar-refractivity contribution in [1.29, 1.82) is 10.5 Å². The summed E-state index contributed by atoms with van der Waals surface area (Å²) in [4.78, 5) is 15.8. The van der Waals surface area contributed by atoms with Gasteiger partial charge in [-0.25, -0.2) is 9.00 Å². The molecule has 1 unspecified atom stereocenters. The van der Waals surface area contributed by atoms with Crippen LogP contribution >= 0.6 is 0 Å². The zero-order chi connectivity index (χ0) is 26.4. The van der Waals surface area contributed by atoms with Crippen molar-refractivity contribution in [3.05, 3.63) is 76.0 Å². The fourth-order valence-corrected chi connectivity index (χ4v) is 5.85. The van der Waals surface area contributed by atoms with Crippen LogP contribution in [0.25, 0.3) is 0 Å². The molecule has 7 nitrogen and oxygen atoms in total. The Balaban J connectivity index is 1.91. The van der Waals surface area contributed by atoms with E-state index in [4.69, 9.17) is 0 Å². The highest BCUT2D eigenvalue weighted by Gasteiger charge is 2.48. The average Bonchev–Trinajstić information content (AvgIpc) is 2.80. The van der Waals surface area contributed by atoms with Gasteiger partial charge < -0.3 is 9.45 Å². The Hall–Kier alpha value is -3.67. The maximum Gasteiger partial charge on any atom is 0.416 e. The van der Waals surface area contributed by atoms with E-state index in [0.717, 1.165) is 17.0 Å². The lowest BCUT2D eigenvalue weighted by Gasteiger charge is -2.44. The summed E-state index contributed by atoms with van der Waals surface area (Å²) in [5, 5.41) is 19.5. The summed E-state index contributed by atoms with van der Waals surface area (Å²) in [6.07, 6.45) is -3.13. The highest BCUT2D eigenvalue weighted by Crippen LogP contribution is 2.50. The Morgan fingerprint density at radius 3 is 2.36 bits per heavy atom. The normalized spacial score (nSPS) is 20.4. The molecule has 11 heteroatoms. The lowest BCUT2D eigenvalue weighted by Crippen LogP contribution is -2.48. The Morgan fingerprint density at radius 1 is 1.14 bits per heavy atom. The number of anilines is 1. The van der Waals surface area contributed by atoms with E-state index in [2.05, 4.69) is 6.07 Å². The van der Waals surface area contributed by atoms with Crippen LogP contribution in [0.4, 0.5) is 23.7 Å². The first-order valence-electron chi connectivity index (χ1n) is 11.0. The van der Waals surface area contributed by atoms with Gasteiger partial charge in [0.1, 0.15) is 0 Å². The van der Waals surface area contributed by atoms with Gasteiger partial charge in [-0.2, -0.15) is 23.7 Å². The first-order valence-corrected chi connectivity index (χ1v) is 12.1. The number of urea groups is 1. The number of rotatable bonds is 4. The number of hydrogen-bond acceptors (Lipinski definition) is 4. The van der Waals surface area contributed by atoms with Crippen LogP contribution in [-0.4, -0.2) is 26.7 Å². The Morgan fingerprint density at radius 2 is 1.83 bits per heavy atom. The van der Waals surface area contributed by atoms with E-state index in [-0.39, 0.29) is 22.5 Å². The van der Waals surface area contributed by atoms with Gasteiger partial charge in [-0.05, 0) is 67.6 Å². The summed E-state index contributed by atoms with van der Waals surface area (Å²) in [5.41, 5.74) is 0.359. The molecule has 4 rings (SSSR count). The molecule has 1 saturated carbocycles. The van der Waals surface area contributed by atoms with Crippen LogP contribution in [0.1, 0.15) is 54.5 Å². The van der Waals surface area contributed by atoms with Gasteiger partial charge in [-0.15, -0.1) is 0 Å². The van der Waals surface area contributed by atoms with Gasteiger partial charge in [0.15, 0.2) is 11.1 Å². The zero-order valence-electron chi connectivity index (χ0n) is 19.3. The van der Waals surface area contributed by atoms with Gasteiger partial charge in [-0.1, -0.05) is 12.1 Å². The number of likely N-dealkylation sites (N-methyl/N-ethyl adjacent to an activating group) is 1. The molecule has 1 aliphatic heterocycles. The van der Waals surface area contributed by atoms with Crippen molar-refractivity contribution < 1.29 is 26.7 Å². The van der Waals surface area contributed by atoms with Crippen LogP contribution in [0.5, 0.6) is 0 Å². The standard InChI is InChI=1S/C25H21F3N4O3S/c1-15-20(14-30)22(19-8-7-16(13-29)11-21(19)24(36(34)35)9-4-10-24)31(2)23(33)32(15)18-6-3-5-17(12-18)25(26,27)28/h3,5-8,11-12,22H,4,9-10H2,1-2H3,(H,34,35)/t22-/m0/s1. The number of halogens is 3. The van der Waals surface area contributed by atoms with Crippen molar-refractivity contribution in [2.75, 3.05) is 11.9 Å². The number of carbonyl (C=O) groups is 1. The number of benzene rings is 2. The van der Waals surface area contributed by atoms with Crippen LogP contribution < -0.4 is 4.90 Å². The first-order chi connectivity index (χ1) is 17.0. The number of amides is 2. The van der Waals surface area contributed by atoms with Crippen molar-refractivity contribution in [3.63, 3.8) is 0 Å². The van der Waals surface area contributed by atoms with E-state index in [1.54, 1.807) is 6.07 Å². The monoisotopic (exact) mass is 514 g/mol. The summed E-state index contributed by atoms with van der Waals surface area (Å²) in [7, 11) is 1.42. The molecule has 36 heavy (non-hydrogen) atoms. The number of hydrogen-bond donors (Lipinski definition) is 1. The molecular formula is C25H21F3N4O3S. The van der Waals surface area contributed by atoms with E-state index in [1.807, 2.05) is 6.07 Å². The smallest absolute Gasteiger partial charge is 0.315 e. The van der Waals surface area contributed by atoms with Crippen molar-refractivity contribution in [2.24, 2.45) is 0 Å². The van der Waals surface area contributed by atoms with E-state index in [0.29, 0.717) is 30.4 Å². The number of nitrogens with zero attached hydrogens (tertiary/aromatic N) is 4. The van der Waals surface area contributed by atoms with Crippen LogP contribution in [0, 0.1) is 22.7 Å². The fourth-order valence-electron chi connectivity index (χ4n) is 4.85. The molecule has 2 atom stereocenters. The molecule has 1 heterocycles. The minimum Gasteiger partial charge on any atom is -0.315 e. The molecule has 0 spiro atoms. The quantitative estimate of drug-likeness (QED) is 0.535. The van der Waals surface area contributed by atoms with Crippen LogP contribution in [-0.2, 0) is 22.0 Å². The lowest BCUT2D eigenvalue weighted by molar-refractivity contribution is -0.137. The average molecular weight is 515 g/mol. The van der Waals surface area contributed by atoms with Gasteiger partial charge in [-0.3, -0.25) is 4.90 Å². The van der Waals surface area contributed by atoms with Crippen molar-refractivity contribution >= 4 is 22.8 Å². The fraction of sp³-hybridized carbons (Fsp3) is 0.320. The highest BCUT2D eigenvalue weighted by atomic mass is 32.2. The second-order valence-corrected chi connectivity index (χ2v) is 10.1. The molecule has 1 aliphatic carbocycles. The Labute approximate surface area is 208 Å². The third kappa shape index (κ3) is 3.94. The third-order valence-corrected chi connectivity index (χ3v) is 8.19. The molecule has 0 aromatic heterocycles. The summed E-state index contributed by atoms with van der Waals surface area (Å²) in [6.45, 7) is 1.48. The van der Waals surface area contributed by atoms with E-state index in [9.17, 15) is 37.3 Å². The molecule has 0 saturated heterocycles. The van der Waals surface area contributed by atoms with Gasteiger partial charge in [0, 0.05) is 12.7 Å². The maximum atomic E-state index is 13.5. The van der Waals surface area contributed by atoms with Crippen LogP contribution in [0.15, 0.2) is 53.7 Å². The molecule has 2 aromatic carbocycles. The molecule has 2 amide bonds. The highest BCUT2D eigenvalue weighted by molar-refractivity contribution is 7.80. The number of carbonyl (C=O) groups excluding carboxylic acids is 1. The van der Waals surface area contributed by atoms with Crippen molar-refractivity contribution in [3.8, 4) is 12.1 Å². The molecule has 1 fully saturated rings. The Kier molecular flexibility index (Phi) is 6.41. The number of allylic oxidation sites excluding steroid dienone is 1.